The Labute approximate surface area is 126 Å². The van der Waals surface area contributed by atoms with Gasteiger partial charge < -0.3 is 4.57 Å². The van der Waals surface area contributed by atoms with Gasteiger partial charge in [0, 0.05) is 23.2 Å². The van der Waals surface area contributed by atoms with Crippen LogP contribution in [0.5, 0.6) is 0 Å². The Kier molecular flexibility index (Phi) is 3.55. The summed E-state index contributed by atoms with van der Waals surface area (Å²) in [5, 5.41) is 7.88. The number of hydrogen-bond acceptors (Lipinski definition) is 3. The Morgan fingerprint density at radius 2 is 2.14 bits per heavy atom. The van der Waals surface area contributed by atoms with Crippen molar-refractivity contribution in [2.75, 3.05) is 0 Å². The number of aromatic amines is 1. The monoisotopic (exact) mass is 302 g/mol. The number of rotatable bonds is 3. The zero-order valence-corrected chi connectivity index (χ0v) is 12.7. The molecule has 0 saturated heterocycles. The summed E-state index contributed by atoms with van der Waals surface area (Å²) in [5.74, 6) is 0.438. The van der Waals surface area contributed by atoms with E-state index < -0.39 is 0 Å². The number of benzene rings is 1. The predicted octanol–water partition coefficient (Wildman–Crippen LogP) is 4.01. The molecule has 0 radical (unpaired) electrons. The molecule has 1 N–H and O–H groups in total. The van der Waals surface area contributed by atoms with Crippen LogP contribution in [-0.4, -0.2) is 19.7 Å². The van der Waals surface area contributed by atoms with Crippen LogP contribution in [0, 0.1) is 17.5 Å². The molecule has 2 heterocycles. The molecular formula is C15H15FN4S. The second-order valence-corrected chi connectivity index (χ2v) is 5.36. The van der Waals surface area contributed by atoms with E-state index in [0.29, 0.717) is 4.77 Å². The van der Waals surface area contributed by atoms with Gasteiger partial charge in [-0.2, -0.15) is 5.10 Å². The van der Waals surface area contributed by atoms with Gasteiger partial charge in [-0.1, -0.05) is 6.92 Å². The van der Waals surface area contributed by atoms with Crippen LogP contribution in [0.25, 0.3) is 22.3 Å². The molecule has 0 aliphatic carbocycles. The maximum absolute atomic E-state index is 13.6. The van der Waals surface area contributed by atoms with Gasteiger partial charge in [-0.25, -0.2) is 4.39 Å². The fourth-order valence-corrected chi connectivity index (χ4v) is 2.69. The molecule has 0 amide bonds. The SMILES string of the molecule is CCCn1c(-c2cc(C)nc3ccc(F)cc23)n[nH]c1=S. The lowest BCUT2D eigenvalue weighted by molar-refractivity contribution is 0.629. The van der Waals surface area contributed by atoms with E-state index in [4.69, 9.17) is 12.2 Å². The third kappa shape index (κ3) is 2.47. The van der Waals surface area contributed by atoms with E-state index in [9.17, 15) is 4.39 Å². The molecule has 0 bridgehead atoms. The largest absolute Gasteiger partial charge is 0.300 e. The molecule has 1 aromatic carbocycles. The predicted molar refractivity (Wildman–Crippen MR) is 83.1 cm³/mol. The van der Waals surface area contributed by atoms with Crippen molar-refractivity contribution in [3.05, 3.63) is 40.5 Å². The Balaban J connectivity index is 2.34. The first-order valence-electron chi connectivity index (χ1n) is 6.82. The minimum atomic E-state index is -0.287. The highest BCUT2D eigenvalue weighted by atomic mass is 32.1. The van der Waals surface area contributed by atoms with Crippen LogP contribution in [0.4, 0.5) is 4.39 Å². The standard InChI is InChI=1S/C15H15FN4S/c1-3-6-20-14(18-19-15(20)21)12-7-9(2)17-13-5-4-10(16)8-11(12)13/h4-5,7-8H,3,6H2,1-2H3,(H,19,21). The van der Waals surface area contributed by atoms with Crippen molar-refractivity contribution in [1.29, 1.82) is 0 Å². The summed E-state index contributed by atoms with van der Waals surface area (Å²) in [6.45, 7) is 4.76. The van der Waals surface area contributed by atoms with E-state index in [-0.39, 0.29) is 5.82 Å². The van der Waals surface area contributed by atoms with Crippen LogP contribution in [0.1, 0.15) is 19.0 Å². The smallest absolute Gasteiger partial charge is 0.195 e. The van der Waals surface area contributed by atoms with Gasteiger partial charge in [0.2, 0.25) is 0 Å². The second-order valence-electron chi connectivity index (χ2n) is 4.98. The number of aromatic nitrogens is 4. The van der Waals surface area contributed by atoms with Crippen LogP contribution >= 0.6 is 12.2 Å². The van der Waals surface area contributed by atoms with Crippen molar-refractivity contribution in [2.24, 2.45) is 0 Å². The van der Waals surface area contributed by atoms with Crippen molar-refractivity contribution in [1.82, 2.24) is 19.7 Å². The quantitative estimate of drug-likeness (QED) is 0.743. The molecule has 2 aromatic heterocycles. The lowest BCUT2D eigenvalue weighted by atomic mass is 10.1. The molecule has 0 fully saturated rings. The Hall–Kier alpha value is -2.08. The summed E-state index contributed by atoms with van der Waals surface area (Å²) in [6, 6.07) is 6.51. The lowest BCUT2D eigenvalue weighted by Gasteiger charge is -2.09. The van der Waals surface area contributed by atoms with Crippen molar-refractivity contribution in [3.63, 3.8) is 0 Å². The van der Waals surface area contributed by atoms with Gasteiger partial charge in [0.05, 0.1) is 5.52 Å². The summed E-state index contributed by atoms with van der Waals surface area (Å²) in [6.07, 6.45) is 0.942. The summed E-state index contributed by atoms with van der Waals surface area (Å²) < 4.78 is 16.1. The van der Waals surface area contributed by atoms with Gasteiger partial charge in [0.1, 0.15) is 5.82 Å². The van der Waals surface area contributed by atoms with Crippen LogP contribution in [0.3, 0.4) is 0 Å². The minimum Gasteiger partial charge on any atom is -0.300 e. The van der Waals surface area contributed by atoms with Crippen molar-refractivity contribution in [2.45, 2.75) is 26.8 Å². The van der Waals surface area contributed by atoms with E-state index in [0.717, 1.165) is 41.0 Å². The Morgan fingerprint density at radius 1 is 1.33 bits per heavy atom. The van der Waals surface area contributed by atoms with Gasteiger partial charge in [0.25, 0.3) is 0 Å². The van der Waals surface area contributed by atoms with Crippen molar-refractivity contribution < 1.29 is 4.39 Å². The van der Waals surface area contributed by atoms with Crippen LogP contribution in [0.2, 0.25) is 0 Å². The molecule has 4 nitrogen and oxygen atoms in total. The molecule has 0 spiro atoms. The molecule has 0 atom stereocenters. The van der Waals surface area contributed by atoms with Gasteiger partial charge in [-0.3, -0.25) is 10.1 Å². The number of nitrogens with zero attached hydrogens (tertiary/aromatic N) is 3. The molecule has 0 unspecified atom stereocenters. The summed E-state index contributed by atoms with van der Waals surface area (Å²) in [7, 11) is 0. The number of fused-ring (bicyclic) bond motifs is 1. The van der Waals surface area contributed by atoms with Gasteiger partial charge in [-0.05, 0) is 49.8 Å². The van der Waals surface area contributed by atoms with E-state index in [1.54, 1.807) is 6.07 Å². The number of H-pyrrole nitrogens is 1. The fraction of sp³-hybridized carbons (Fsp3) is 0.267. The van der Waals surface area contributed by atoms with Crippen molar-refractivity contribution >= 4 is 23.1 Å². The summed E-state index contributed by atoms with van der Waals surface area (Å²) in [4.78, 5) is 4.45. The first-order chi connectivity index (χ1) is 10.1. The van der Waals surface area contributed by atoms with E-state index >= 15 is 0 Å². The highest BCUT2D eigenvalue weighted by Crippen LogP contribution is 2.28. The topological polar surface area (TPSA) is 46.5 Å². The zero-order valence-electron chi connectivity index (χ0n) is 11.9. The maximum atomic E-state index is 13.6. The minimum absolute atomic E-state index is 0.287. The van der Waals surface area contributed by atoms with E-state index in [1.165, 1.54) is 12.1 Å². The molecule has 6 heteroatoms. The second kappa shape index (κ2) is 5.37. The van der Waals surface area contributed by atoms with E-state index in [2.05, 4.69) is 22.1 Å². The summed E-state index contributed by atoms with van der Waals surface area (Å²) in [5.41, 5.74) is 2.46. The van der Waals surface area contributed by atoms with Gasteiger partial charge in [0.15, 0.2) is 10.6 Å². The maximum Gasteiger partial charge on any atom is 0.195 e. The molecule has 0 aliphatic rings. The Bertz CT molecular complexity index is 866. The lowest BCUT2D eigenvalue weighted by Crippen LogP contribution is -2.01. The van der Waals surface area contributed by atoms with Gasteiger partial charge in [-0.15, -0.1) is 0 Å². The highest BCUT2D eigenvalue weighted by molar-refractivity contribution is 7.71. The fourth-order valence-electron chi connectivity index (χ4n) is 2.47. The normalized spacial score (nSPS) is 11.2. The highest BCUT2D eigenvalue weighted by Gasteiger charge is 2.13. The van der Waals surface area contributed by atoms with E-state index in [1.807, 2.05) is 17.6 Å². The summed E-state index contributed by atoms with van der Waals surface area (Å²) >= 11 is 5.27. The van der Waals surface area contributed by atoms with Crippen LogP contribution < -0.4 is 0 Å². The number of nitrogens with one attached hydrogen (secondary N) is 1. The average molecular weight is 302 g/mol. The van der Waals surface area contributed by atoms with Crippen LogP contribution in [0.15, 0.2) is 24.3 Å². The Morgan fingerprint density at radius 3 is 2.90 bits per heavy atom. The molecule has 0 saturated carbocycles. The third-order valence-corrected chi connectivity index (χ3v) is 3.66. The molecular weight excluding hydrogens is 287 g/mol. The molecule has 0 aliphatic heterocycles. The van der Waals surface area contributed by atoms with Crippen molar-refractivity contribution in [3.8, 4) is 11.4 Å². The molecule has 3 aromatic rings. The third-order valence-electron chi connectivity index (χ3n) is 3.35. The number of aryl methyl sites for hydroxylation is 1. The first kappa shape index (κ1) is 13.9. The zero-order chi connectivity index (χ0) is 15.0. The molecule has 3 rings (SSSR count). The number of pyridine rings is 1. The molecule has 108 valence electrons. The number of halogens is 1. The number of hydrogen-bond donors (Lipinski definition) is 1. The first-order valence-corrected chi connectivity index (χ1v) is 7.23. The average Bonchev–Trinajstić information content (AvgIpc) is 2.80. The molecule has 21 heavy (non-hydrogen) atoms. The van der Waals surface area contributed by atoms with Gasteiger partial charge >= 0.3 is 0 Å². The van der Waals surface area contributed by atoms with Crippen LogP contribution in [-0.2, 0) is 6.54 Å².